The summed E-state index contributed by atoms with van der Waals surface area (Å²) >= 11 is 0. The third-order valence-corrected chi connectivity index (χ3v) is 5.64. The summed E-state index contributed by atoms with van der Waals surface area (Å²) in [5, 5.41) is 0.847. The molecule has 0 radical (unpaired) electrons. The van der Waals surface area contributed by atoms with Crippen molar-refractivity contribution >= 4 is 16.8 Å². The number of H-pyrrole nitrogens is 1. The van der Waals surface area contributed by atoms with E-state index < -0.39 is 5.82 Å². The Morgan fingerprint density at radius 1 is 1.17 bits per heavy atom. The number of nitrogens with zero attached hydrogens (tertiary/aromatic N) is 1. The molecule has 0 bridgehead atoms. The van der Waals surface area contributed by atoms with Crippen molar-refractivity contribution in [3.05, 3.63) is 75.8 Å². The summed E-state index contributed by atoms with van der Waals surface area (Å²) in [5.41, 5.74) is 1.31. The lowest BCUT2D eigenvalue weighted by Gasteiger charge is -2.29. The Hall–Kier alpha value is -3.15. The van der Waals surface area contributed by atoms with Crippen LogP contribution in [0.4, 0.5) is 4.39 Å². The van der Waals surface area contributed by atoms with Crippen molar-refractivity contribution in [1.82, 2.24) is 9.88 Å². The first kappa shape index (κ1) is 20.1. The van der Waals surface area contributed by atoms with Crippen LogP contribution in [0.2, 0.25) is 0 Å². The van der Waals surface area contributed by atoms with Crippen LogP contribution >= 0.6 is 0 Å². The second-order valence-corrected chi connectivity index (χ2v) is 7.69. The third-order valence-electron chi connectivity index (χ3n) is 5.64. The minimum absolute atomic E-state index is 0.0469. The van der Waals surface area contributed by atoms with Gasteiger partial charge in [0.1, 0.15) is 11.6 Å². The number of fused-ring (bicyclic) bond motifs is 1. The lowest BCUT2D eigenvalue weighted by molar-refractivity contribution is 0.0663. The number of pyridine rings is 1. The molecule has 6 heteroatoms. The first-order valence-corrected chi connectivity index (χ1v) is 10.4. The smallest absolute Gasteiger partial charge is 0.254 e. The molecule has 1 fully saturated rings. The van der Waals surface area contributed by atoms with E-state index in [9.17, 15) is 14.0 Å². The number of nitrogens with one attached hydrogen (secondary N) is 1. The number of benzene rings is 2. The molecule has 3 aromatic rings. The summed E-state index contributed by atoms with van der Waals surface area (Å²) in [6.07, 6.45) is 3.87. The molecular weight excluding hydrogens is 383 g/mol. The summed E-state index contributed by atoms with van der Waals surface area (Å²) in [7, 11) is 0. The molecule has 4 rings (SSSR count). The van der Waals surface area contributed by atoms with E-state index >= 15 is 0 Å². The van der Waals surface area contributed by atoms with E-state index in [-0.39, 0.29) is 24.1 Å². The van der Waals surface area contributed by atoms with Gasteiger partial charge in [0.25, 0.3) is 11.5 Å². The average molecular weight is 408 g/mol. The van der Waals surface area contributed by atoms with E-state index in [1.165, 1.54) is 18.2 Å². The zero-order valence-corrected chi connectivity index (χ0v) is 17.0. The van der Waals surface area contributed by atoms with E-state index in [4.69, 9.17) is 4.74 Å². The van der Waals surface area contributed by atoms with E-state index in [2.05, 4.69) is 4.98 Å². The van der Waals surface area contributed by atoms with Gasteiger partial charge in [-0.25, -0.2) is 4.39 Å². The van der Waals surface area contributed by atoms with Crippen LogP contribution in [0.25, 0.3) is 10.9 Å². The van der Waals surface area contributed by atoms with Crippen molar-refractivity contribution in [3.63, 3.8) is 0 Å². The molecule has 156 valence electrons. The maximum Gasteiger partial charge on any atom is 0.254 e. The van der Waals surface area contributed by atoms with E-state index in [1.807, 2.05) is 31.2 Å². The normalized spacial score (nSPS) is 14.2. The SMILES string of the molecule is CCOc1ccc2[nH]c(=O)c(CN(C(=O)c3cccc(F)c3)C3CCCC3)cc2c1. The van der Waals surface area contributed by atoms with Gasteiger partial charge >= 0.3 is 0 Å². The molecule has 1 aliphatic carbocycles. The zero-order chi connectivity index (χ0) is 21.1. The van der Waals surface area contributed by atoms with Gasteiger partial charge in [-0.3, -0.25) is 9.59 Å². The van der Waals surface area contributed by atoms with Crippen LogP contribution in [-0.4, -0.2) is 28.4 Å². The maximum atomic E-state index is 13.7. The highest BCUT2D eigenvalue weighted by Gasteiger charge is 2.28. The Labute approximate surface area is 174 Å². The van der Waals surface area contributed by atoms with Gasteiger partial charge in [0.2, 0.25) is 0 Å². The Morgan fingerprint density at radius 3 is 2.70 bits per heavy atom. The first-order valence-electron chi connectivity index (χ1n) is 10.4. The predicted octanol–water partition coefficient (Wildman–Crippen LogP) is 4.65. The number of halogens is 1. The van der Waals surface area contributed by atoms with Crippen molar-refractivity contribution < 1.29 is 13.9 Å². The summed E-state index contributed by atoms with van der Waals surface area (Å²) in [6.45, 7) is 2.66. The number of amides is 1. The van der Waals surface area contributed by atoms with Gasteiger partial charge in [0.15, 0.2) is 0 Å². The summed E-state index contributed by atoms with van der Waals surface area (Å²) in [6, 6.07) is 13.1. The Morgan fingerprint density at radius 2 is 1.97 bits per heavy atom. The quantitative estimate of drug-likeness (QED) is 0.646. The van der Waals surface area contributed by atoms with Gasteiger partial charge in [0.05, 0.1) is 13.2 Å². The van der Waals surface area contributed by atoms with Crippen LogP contribution in [-0.2, 0) is 6.54 Å². The number of hydrogen-bond donors (Lipinski definition) is 1. The van der Waals surface area contributed by atoms with Crippen molar-refractivity contribution in [1.29, 1.82) is 0 Å². The molecule has 30 heavy (non-hydrogen) atoms. The molecule has 1 amide bonds. The second kappa shape index (κ2) is 8.69. The van der Waals surface area contributed by atoms with Gasteiger partial charge in [-0.05, 0) is 62.2 Å². The van der Waals surface area contributed by atoms with Crippen LogP contribution in [0.1, 0.15) is 48.5 Å². The molecule has 1 saturated carbocycles. The highest BCUT2D eigenvalue weighted by atomic mass is 19.1. The van der Waals surface area contributed by atoms with Crippen LogP contribution in [0.15, 0.2) is 53.3 Å². The predicted molar refractivity (Wildman–Crippen MR) is 114 cm³/mol. The fourth-order valence-corrected chi connectivity index (χ4v) is 4.16. The fourth-order valence-electron chi connectivity index (χ4n) is 4.16. The highest BCUT2D eigenvalue weighted by Crippen LogP contribution is 2.27. The molecule has 1 aliphatic rings. The van der Waals surface area contributed by atoms with Crippen molar-refractivity contribution in [2.45, 2.75) is 45.2 Å². The molecule has 0 atom stereocenters. The lowest BCUT2D eigenvalue weighted by Crippen LogP contribution is -2.39. The highest BCUT2D eigenvalue weighted by molar-refractivity contribution is 5.94. The Kier molecular flexibility index (Phi) is 5.84. The largest absolute Gasteiger partial charge is 0.494 e. The minimum atomic E-state index is -0.445. The standard InChI is InChI=1S/C24H25FN2O3/c1-2-30-21-10-11-22-17(14-21)12-18(23(28)26-22)15-27(20-8-3-4-9-20)24(29)16-6-5-7-19(25)13-16/h5-7,10-14,20H,2-4,8-9,15H2,1H3,(H,26,28). The molecule has 1 aromatic heterocycles. The van der Waals surface area contributed by atoms with Gasteiger partial charge in [-0.1, -0.05) is 18.9 Å². The van der Waals surface area contributed by atoms with Crippen LogP contribution < -0.4 is 10.3 Å². The van der Waals surface area contributed by atoms with E-state index in [0.29, 0.717) is 17.7 Å². The average Bonchev–Trinajstić information content (AvgIpc) is 3.27. The topological polar surface area (TPSA) is 62.4 Å². The monoisotopic (exact) mass is 408 g/mol. The van der Waals surface area contributed by atoms with Crippen LogP contribution in [0, 0.1) is 5.82 Å². The minimum Gasteiger partial charge on any atom is -0.494 e. The van der Waals surface area contributed by atoms with E-state index in [1.54, 1.807) is 11.0 Å². The molecule has 0 saturated heterocycles. The number of rotatable bonds is 6. The first-order chi connectivity index (χ1) is 14.5. The second-order valence-electron chi connectivity index (χ2n) is 7.69. The van der Waals surface area contributed by atoms with Crippen molar-refractivity contribution in [2.24, 2.45) is 0 Å². The van der Waals surface area contributed by atoms with Crippen molar-refractivity contribution in [3.8, 4) is 5.75 Å². The van der Waals surface area contributed by atoms with Gasteiger partial charge < -0.3 is 14.6 Å². The maximum absolute atomic E-state index is 13.7. The van der Waals surface area contributed by atoms with Gasteiger partial charge in [-0.2, -0.15) is 0 Å². The lowest BCUT2D eigenvalue weighted by atomic mass is 10.1. The molecule has 2 aromatic carbocycles. The molecule has 0 unspecified atom stereocenters. The summed E-state index contributed by atoms with van der Waals surface area (Å²) < 4.78 is 19.3. The number of aromatic nitrogens is 1. The third kappa shape index (κ3) is 4.22. The van der Waals surface area contributed by atoms with Gasteiger partial charge in [0, 0.05) is 28.1 Å². The molecule has 5 nitrogen and oxygen atoms in total. The van der Waals surface area contributed by atoms with E-state index in [0.717, 1.165) is 42.3 Å². The molecule has 0 aliphatic heterocycles. The number of ether oxygens (including phenoxy) is 1. The van der Waals surface area contributed by atoms with Crippen LogP contribution in [0.3, 0.4) is 0 Å². The number of carbonyl (C=O) groups is 1. The zero-order valence-electron chi connectivity index (χ0n) is 17.0. The number of aromatic amines is 1. The van der Waals surface area contributed by atoms with Crippen LogP contribution in [0.5, 0.6) is 5.75 Å². The molecule has 1 N–H and O–H groups in total. The summed E-state index contributed by atoms with van der Waals surface area (Å²) in [5.74, 6) is 0.0367. The number of carbonyl (C=O) groups excluding carboxylic acids is 1. The Balaban J connectivity index is 1.70. The molecule has 1 heterocycles. The fraction of sp³-hybridized carbons (Fsp3) is 0.333. The Bertz CT molecular complexity index is 1120. The number of hydrogen-bond acceptors (Lipinski definition) is 3. The van der Waals surface area contributed by atoms with Crippen molar-refractivity contribution in [2.75, 3.05) is 6.61 Å². The molecular formula is C24H25FN2O3. The summed E-state index contributed by atoms with van der Waals surface area (Å²) in [4.78, 5) is 30.6. The molecule has 0 spiro atoms. The van der Waals surface area contributed by atoms with Gasteiger partial charge in [-0.15, -0.1) is 0 Å².